The highest BCUT2D eigenvalue weighted by molar-refractivity contribution is 9.10. The van der Waals surface area contributed by atoms with Crippen molar-refractivity contribution < 1.29 is 14.7 Å². The number of benzene rings is 1. The molecule has 19 heavy (non-hydrogen) atoms. The lowest BCUT2D eigenvalue weighted by Crippen LogP contribution is -2.32. The van der Waals surface area contributed by atoms with Gasteiger partial charge in [0.2, 0.25) is 5.91 Å². The number of aliphatic carboxylic acids is 1. The second-order valence-corrected chi connectivity index (χ2v) is 6.22. The van der Waals surface area contributed by atoms with Crippen LogP contribution in [0, 0.1) is 0 Å². The average Bonchev–Trinajstić information content (AvgIpc) is 2.65. The second-order valence-electron chi connectivity index (χ2n) is 4.57. The Morgan fingerprint density at radius 2 is 2.32 bits per heavy atom. The maximum absolute atomic E-state index is 11.9. The van der Waals surface area contributed by atoms with E-state index >= 15 is 0 Å². The number of carbonyl (C=O) groups is 2. The number of hydrogen-bond donors (Lipinski definition) is 2. The van der Waals surface area contributed by atoms with E-state index < -0.39 is 12.0 Å². The fraction of sp³-hybridized carbons (Fsp3) is 0.385. The molecule has 102 valence electrons. The normalized spacial score (nSPS) is 20.6. The fourth-order valence-corrected chi connectivity index (χ4v) is 3.05. The quantitative estimate of drug-likeness (QED) is 0.825. The minimum Gasteiger partial charge on any atom is -0.481 e. The summed E-state index contributed by atoms with van der Waals surface area (Å²) in [5, 5.41) is 9.04. The molecule has 0 saturated carbocycles. The fourth-order valence-electron chi connectivity index (χ4n) is 2.30. The molecule has 0 aliphatic carbocycles. The molecule has 1 amide bonds. The molecule has 6 heteroatoms. The van der Waals surface area contributed by atoms with E-state index in [-0.39, 0.29) is 17.6 Å². The Bertz CT molecular complexity index is 508. The van der Waals surface area contributed by atoms with Crippen LogP contribution in [0.4, 0.5) is 0 Å². The molecule has 2 unspecified atom stereocenters. The van der Waals surface area contributed by atoms with Crippen LogP contribution in [-0.4, -0.2) is 33.7 Å². The smallest absolute Gasteiger partial charge is 0.305 e. The zero-order valence-electron chi connectivity index (χ0n) is 10.1. The summed E-state index contributed by atoms with van der Waals surface area (Å²) in [6.45, 7) is 0.492. The summed E-state index contributed by atoms with van der Waals surface area (Å²) < 4.78 is 0.870. The van der Waals surface area contributed by atoms with Gasteiger partial charge in [-0.3, -0.25) is 9.59 Å². The summed E-state index contributed by atoms with van der Waals surface area (Å²) in [5.41, 5.74) is 0.826. The molecule has 1 heterocycles. The highest BCUT2D eigenvalue weighted by Gasteiger charge is 2.34. The molecule has 1 aromatic rings. The van der Waals surface area contributed by atoms with Gasteiger partial charge in [-0.2, -0.15) is 12.6 Å². The lowest BCUT2D eigenvalue weighted by atomic mass is 10.0. The maximum atomic E-state index is 11.9. The lowest BCUT2D eigenvalue weighted by Gasteiger charge is -2.27. The monoisotopic (exact) mass is 343 g/mol. The van der Waals surface area contributed by atoms with E-state index in [1.165, 1.54) is 0 Å². The van der Waals surface area contributed by atoms with Gasteiger partial charge >= 0.3 is 5.97 Å². The zero-order chi connectivity index (χ0) is 14.0. The number of carboxylic acids is 1. The summed E-state index contributed by atoms with van der Waals surface area (Å²) in [7, 11) is 0. The molecule has 1 aliphatic heterocycles. The van der Waals surface area contributed by atoms with Crippen LogP contribution in [0.2, 0.25) is 0 Å². The standard InChI is InChI=1S/C13H14BrNO3S/c14-9-3-1-2-8(4-9)11(6-13(17)18)15-7-10(19)5-12(15)16/h1-4,10-11,19H,5-7H2,(H,17,18). The van der Waals surface area contributed by atoms with Gasteiger partial charge < -0.3 is 10.0 Å². The van der Waals surface area contributed by atoms with E-state index in [0.717, 1.165) is 10.0 Å². The Morgan fingerprint density at radius 1 is 1.58 bits per heavy atom. The molecule has 1 N–H and O–H groups in total. The van der Waals surface area contributed by atoms with Crippen LogP contribution in [0.5, 0.6) is 0 Å². The molecular weight excluding hydrogens is 330 g/mol. The lowest BCUT2D eigenvalue weighted by molar-refractivity contribution is -0.139. The van der Waals surface area contributed by atoms with Gasteiger partial charge in [-0.25, -0.2) is 0 Å². The van der Waals surface area contributed by atoms with Gasteiger partial charge in [0.25, 0.3) is 0 Å². The minimum absolute atomic E-state index is 0.0176. The topological polar surface area (TPSA) is 57.6 Å². The van der Waals surface area contributed by atoms with Crippen molar-refractivity contribution in [2.75, 3.05) is 6.54 Å². The van der Waals surface area contributed by atoms with Crippen LogP contribution in [-0.2, 0) is 9.59 Å². The number of carbonyl (C=O) groups excluding carboxylic acids is 1. The van der Waals surface area contributed by atoms with Gasteiger partial charge in [0, 0.05) is 22.7 Å². The summed E-state index contributed by atoms with van der Waals surface area (Å²) in [5.74, 6) is -0.952. The number of likely N-dealkylation sites (tertiary alicyclic amines) is 1. The van der Waals surface area contributed by atoms with Crippen molar-refractivity contribution in [3.8, 4) is 0 Å². The van der Waals surface area contributed by atoms with Gasteiger partial charge in [-0.15, -0.1) is 0 Å². The van der Waals surface area contributed by atoms with Gasteiger partial charge in [0.15, 0.2) is 0 Å². The zero-order valence-corrected chi connectivity index (χ0v) is 12.6. The number of amides is 1. The second kappa shape index (κ2) is 5.96. The third-order valence-corrected chi connectivity index (χ3v) is 3.95. The number of rotatable bonds is 4. The van der Waals surface area contributed by atoms with Crippen LogP contribution in [0.25, 0.3) is 0 Å². The molecule has 0 aromatic heterocycles. The van der Waals surface area contributed by atoms with Crippen molar-refractivity contribution in [1.82, 2.24) is 4.90 Å². The molecule has 0 bridgehead atoms. The molecule has 2 atom stereocenters. The predicted octanol–water partition coefficient (Wildman–Crippen LogP) is 2.50. The van der Waals surface area contributed by atoms with Gasteiger partial charge in [0.1, 0.15) is 0 Å². The Kier molecular flexibility index (Phi) is 4.52. The molecule has 1 aromatic carbocycles. The molecule has 1 saturated heterocycles. The maximum Gasteiger partial charge on any atom is 0.305 e. The highest BCUT2D eigenvalue weighted by Crippen LogP contribution is 2.31. The number of carboxylic acid groups (broad SMARTS) is 1. The third-order valence-electron chi connectivity index (χ3n) is 3.12. The first-order valence-electron chi connectivity index (χ1n) is 5.92. The Balaban J connectivity index is 2.30. The summed E-state index contributed by atoms with van der Waals surface area (Å²) in [6, 6.07) is 6.98. The van der Waals surface area contributed by atoms with E-state index in [4.69, 9.17) is 5.11 Å². The molecule has 2 rings (SSSR count). The van der Waals surface area contributed by atoms with E-state index in [1.807, 2.05) is 24.3 Å². The van der Waals surface area contributed by atoms with E-state index in [1.54, 1.807) is 4.90 Å². The Hall–Kier alpha value is -1.01. The molecule has 0 spiro atoms. The van der Waals surface area contributed by atoms with Crippen LogP contribution in [0.3, 0.4) is 0 Å². The van der Waals surface area contributed by atoms with Crippen LogP contribution in [0.15, 0.2) is 28.7 Å². The molecule has 4 nitrogen and oxygen atoms in total. The van der Waals surface area contributed by atoms with Crippen molar-refractivity contribution in [2.24, 2.45) is 0 Å². The van der Waals surface area contributed by atoms with Gasteiger partial charge in [-0.05, 0) is 17.7 Å². The van der Waals surface area contributed by atoms with E-state index in [9.17, 15) is 9.59 Å². The van der Waals surface area contributed by atoms with Crippen molar-refractivity contribution in [1.29, 1.82) is 0 Å². The Labute approximate surface area is 125 Å². The predicted molar refractivity (Wildman–Crippen MR) is 78.2 cm³/mol. The average molecular weight is 344 g/mol. The van der Waals surface area contributed by atoms with Crippen molar-refractivity contribution in [3.63, 3.8) is 0 Å². The largest absolute Gasteiger partial charge is 0.481 e. The Morgan fingerprint density at radius 3 is 2.84 bits per heavy atom. The van der Waals surface area contributed by atoms with Gasteiger partial charge in [-0.1, -0.05) is 28.1 Å². The number of hydrogen-bond acceptors (Lipinski definition) is 3. The van der Waals surface area contributed by atoms with Crippen molar-refractivity contribution >= 4 is 40.4 Å². The number of thiol groups is 1. The summed E-state index contributed by atoms with van der Waals surface area (Å²) >= 11 is 7.68. The minimum atomic E-state index is -0.916. The van der Waals surface area contributed by atoms with Crippen molar-refractivity contribution in [3.05, 3.63) is 34.3 Å². The first-order valence-corrected chi connectivity index (χ1v) is 7.23. The van der Waals surface area contributed by atoms with Crippen LogP contribution in [0.1, 0.15) is 24.4 Å². The SMILES string of the molecule is O=C(O)CC(c1cccc(Br)c1)N1CC(S)CC1=O. The summed E-state index contributed by atoms with van der Waals surface area (Å²) in [4.78, 5) is 24.6. The van der Waals surface area contributed by atoms with Crippen molar-refractivity contribution in [2.45, 2.75) is 24.1 Å². The molecule has 1 fully saturated rings. The summed E-state index contributed by atoms with van der Waals surface area (Å²) in [6.07, 6.45) is 0.274. The molecule has 1 aliphatic rings. The third kappa shape index (κ3) is 3.51. The van der Waals surface area contributed by atoms with Crippen LogP contribution >= 0.6 is 28.6 Å². The van der Waals surface area contributed by atoms with Gasteiger partial charge in [0.05, 0.1) is 12.5 Å². The van der Waals surface area contributed by atoms with Crippen LogP contribution < -0.4 is 0 Å². The number of halogens is 1. The first kappa shape index (κ1) is 14.4. The molecule has 0 radical (unpaired) electrons. The highest BCUT2D eigenvalue weighted by atomic mass is 79.9. The van der Waals surface area contributed by atoms with E-state index in [0.29, 0.717) is 13.0 Å². The first-order chi connectivity index (χ1) is 8.97. The van der Waals surface area contributed by atoms with E-state index in [2.05, 4.69) is 28.6 Å². The molecular formula is C13H14BrNO3S. The number of nitrogens with zero attached hydrogens (tertiary/aromatic N) is 1.